The molecule has 6 heteroatoms. The van der Waals surface area contributed by atoms with Crippen molar-refractivity contribution in [1.82, 2.24) is 4.90 Å². The maximum atomic E-state index is 15.6. The smallest absolute Gasteiger partial charge is 0.284 e. The molecule has 0 bridgehead atoms. The van der Waals surface area contributed by atoms with Crippen molar-refractivity contribution < 1.29 is 4.57 Å². The van der Waals surface area contributed by atoms with Crippen molar-refractivity contribution in [2.24, 2.45) is 0 Å². The molecule has 2 aliphatic rings. The highest BCUT2D eigenvalue weighted by Gasteiger charge is 2.52. The van der Waals surface area contributed by atoms with Gasteiger partial charge in [0.1, 0.15) is 5.78 Å². The molecule has 3 aromatic rings. The maximum absolute atomic E-state index is 15.6. The predicted octanol–water partition coefficient (Wildman–Crippen LogP) is 6.26. The van der Waals surface area contributed by atoms with Crippen LogP contribution in [0.3, 0.4) is 0 Å². The first-order chi connectivity index (χ1) is 15.7. The molecule has 4 nitrogen and oxygen atoms in total. The molecule has 0 aliphatic carbocycles. The number of nitrogens with zero attached hydrogens (tertiary/aromatic N) is 3. The Morgan fingerprint density at radius 2 is 1.22 bits per heavy atom. The zero-order valence-electron chi connectivity index (χ0n) is 18.5. The molecule has 0 amide bonds. The van der Waals surface area contributed by atoms with Gasteiger partial charge in [-0.3, -0.25) is 9.46 Å². The van der Waals surface area contributed by atoms with Crippen LogP contribution in [0.1, 0.15) is 16.9 Å². The Morgan fingerprint density at radius 3 is 1.72 bits per heavy atom. The van der Waals surface area contributed by atoms with Crippen LogP contribution in [0.25, 0.3) is 0 Å². The molecule has 5 rings (SSSR count). The van der Waals surface area contributed by atoms with Crippen LogP contribution >= 0.6 is 19.2 Å². The molecular formula is C26H30N3OPS. The highest BCUT2D eigenvalue weighted by molar-refractivity contribution is 7.99. The third-order valence-electron chi connectivity index (χ3n) is 6.41. The van der Waals surface area contributed by atoms with Gasteiger partial charge in [0.15, 0.2) is 0 Å². The molecular weight excluding hydrogens is 433 g/mol. The van der Waals surface area contributed by atoms with Crippen molar-refractivity contribution in [3.63, 3.8) is 0 Å². The Hall–Kier alpha value is -2.20. The molecule has 2 saturated heterocycles. The minimum atomic E-state index is -3.07. The van der Waals surface area contributed by atoms with Crippen LogP contribution in [0.2, 0.25) is 0 Å². The summed E-state index contributed by atoms with van der Waals surface area (Å²) in [5.74, 6) is 1.99. The van der Waals surface area contributed by atoms with Gasteiger partial charge in [0, 0.05) is 49.1 Å². The van der Waals surface area contributed by atoms with E-state index >= 15 is 4.57 Å². The molecule has 0 aromatic heterocycles. The van der Waals surface area contributed by atoms with Gasteiger partial charge < -0.3 is 9.34 Å². The number of benzene rings is 3. The second-order valence-electron chi connectivity index (χ2n) is 8.44. The third kappa shape index (κ3) is 3.98. The van der Waals surface area contributed by atoms with Crippen LogP contribution < -0.4 is 9.34 Å². The summed E-state index contributed by atoms with van der Waals surface area (Å²) in [4.78, 5) is 2.47. The standard InChI is InChI=1S/C26H30N3OPS/c1-22-12-14-23(15-13-22)26(27-18-20-32-21-19-27)31(30)28(24-8-4-2-5-9-24)16-17-29(31)25-10-6-3-7-11-25/h2-15,26H,16-21H2,1H3. The average molecular weight is 464 g/mol. The van der Waals surface area contributed by atoms with Crippen molar-refractivity contribution in [3.8, 4) is 0 Å². The van der Waals surface area contributed by atoms with Gasteiger partial charge >= 0.3 is 0 Å². The van der Waals surface area contributed by atoms with E-state index in [9.17, 15) is 0 Å². The summed E-state index contributed by atoms with van der Waals surface area (Å²) < 4.78 is 20.0. The maximum Gasteiger partial charge on any atom is 0.284 e. The fourth-order valence-corrected chi connectivity index (χ4v) is 9.46. The normalized spacial score (nSPS) is 19.8. The lowest BCUT2D eigenvalue weighted by Gasteiger charge is -2.44. The largest absolute Gasteiger partial charge is 0.304 e. The van der Waals surface area contributed by atoms with Gasteiger partial charge in [0.2, 0.25) is 0 Å². The van der Waals surface area contributed by atoms with Gasteiger partial charge in [0.25, 0.3) is 7.44 Å². The molecule has 32 heavy (non-hydrogen) atoms. The van der Waals surface area contributed by atoms with Crippen LogP contribution in [-0.2, 0) is 4.57 Å². The number of para-hydroxylation sites is 2. The minimum Gasteiger partial charge on any atom is -0.304 e. The first-order valence-corrected chi connectivity index (χ1v) is 14.2. The Bertz CT molecular complexity index is 1020. The Labute approximate surface area is 195 Å². The van der Waals surface area contributed by atoms with Gasteiger partial charge in [-0.1, -0.05) is 66.2 Å². The third-order valence-corrected chi connectivity index (χ3v) is 10.9. The Balaban J connectivity index is 1.68. The van der Waals surface area contributed by atoms with Gasteiger partial charge in [-0.25, -0.2) is 0 Å². The van der Waals surface area contributed by atoms with Gasteiger partial charge in [-0.15, -0.1) is 0 Å². The van der Waals surface area contributed by atoms with E-state index < -0.39 is 7.44 Å². The molecule has 3 aromatic carbocycles. The molecule has 2 fully saturated rings. The minimum absolute atomic E-state index is 0.174. The zero-order chi connectivity index (χ0) is 22.0. The summed E-state index contributed by atoms with van der Waals surface area (Å²) in [6.07, 6.45) is 0. The first-order valence-electron chi connectivity index (χ1n) is 11.3. The summed E-state index contributed by atoms with van der Waals surface area (Å²) in [5, 5.41) is 0. The molecule has 2 aliphatic heterocycles. The van der Waals surface area contributed by atoms with Crippen LogP contribution in [0, 0.1) is 6.92 Å². The van der Waals surface area contributed by atoms with Crippen molar-refractivity contribution in [3.05, 3.63) is 96.1 Å². The number of anilines is 2. The monoisotopic (exact) mass is 463 g/mol. The molecule has 0 radical (unpaired) electrons. The zero-order valence-corrected chi connectivity index (χ0v) is 20.2. The summed E-state index contributed by atoms with van der Waals surface area (Å²) in [6.45, 7) is 5.53. The second-order valence-corrected chi connectivity index (χ2v) is 12.3. The topological polar surface area (TPSA) is 26.8 Å². The number of thioether (sulfide) groups is 1. The molecule has 0 N–H and O–H groups in total. The summed E-state index contributed by atoms with van der Waals surface area (Å²) in [6, 6.07) is 29.3. The van der Waals surface area contributed by atoms with Crippen molar-refractivity contribution >= 4 is 30.6 Å². The number of rotatable bonds is 5. The number of hydrogen-bond donors (Lipinski definition) is 0. The molecule has 0 spiro atoms. The lowest BCUT2D eigenvalue weighted by Crippen LogP contribution is -2.40. The van der Waals surface area contributed by atoms with E-state index in [2.05, 4.69) is 69.7 Å². The van der Waals surface area contributed by atoms with Crippen molar-refractivity contribution in [2.45, 2.75) is 12.7 Å². The predicted molar refractivity (Wildman–Crippen MR) is 138 cm³/mol. The fourth-order valence-electron chi connectivity index (χ4n) is 4.84. The van der Waals surface area contributed by atoms with E-state index in [1.165, 1.54) is 5.56 Å². The molecule has 2 heterocycles. The molecule has 1 unspecified atom stereocenters. The van der Waals surface area contributed by atoms with E-state index in [1.807, 2.05) is 48.2 Å². The highest BCUT2D eigenvalue weighted by atomic mass is 32.2. The quantitative estimate of drug-likeness (QED) is 0.416. The fraction of sp³-hybridized carbons (Fsp3) is 0.308. The highest BCUT2D eigenvalue weighted by Crippen LogP contribution is 2.69. The van der Waals surface area contributed by atoms with Crippen LogP contribution in [0.5, 0.6) is 0 Å². The summed E-state index contributed by atoms with van der Waals surface area (Å²) >= 11 is 1.99. The first kappa shape index (κ1) is 21.6. The van der Waals surface area contributed by atoms with Crippen molar-refractivity contribution in [2.75, 3.05) is 47.0 Å². The second kappa shape index (κ2) is 9.35. The van der Waals surface area contributed by atoms with Gasteiger partial charge in [0.05, 0.1) is 0 Å². The SMILES string of the molecule is Cc1ccc(C(N2CCSCC2)P2(=O)N(c3ccccc3)CCN2c2ccccc2)cc1. The van der Waals surface area contributed by atoms with E-state index in [0.29, 0.717) is 0 Å². The van der Waals surface area contributed by atoms with Gasteiger partial charge in [-0.2, -0.15) is 11.8 Å². The summed E-state index contributed by atoms with van der Waals surface area (Å²) in [7, 11) is -3.07. The lowest BCUT2D eigenvalue weighted by atomic mass is 10.1. The number of aryl methyl sites for hydroxylation is 1. The Morgan fingerprint density at radius 1 is 0.719 bits per heavy atom. The Kier molecular flexibility index (Phi) is 6.32. The summed E-state index contributed by atoms with van der Waals surface area (Å²) in [5.41, 5.74) is 4.45. The van der Waals surface area contributed by atoms with E-state index in [0.717, 1.165) is 54.6 Å². The molecule has 166 valence electrons. The lowest BCUT2D eigenvalue weighted by molar-refractivity contribution is 0.273. The van der Waals surface area contributed by atoms with E-state index in [-0.39, 0.29) is 5.78 Å². The molecule has 1 atom stereocenters. The van der Waals surface area contributed by atoms with Crippen LogP contribution in [-0.4, -0.2) is 42.6 Å². The molecule has 0 saturated carbocycles. The van der Waals surface area contributed by atoms with E-state index in [1.54, 1.807) is 0 Å². The van der Waals surface area contributed by atoms with Crippen LogP contribution in [0.4, 0.5) is 11.4 Å². The van der Waals surface area contributed by atoms with Crippen molar-refractivity contribution in [1.29, 1.82) is 0 Å². The number of hydrogen-bond acceptors (Lipinski definition) is 3. The average Bonchev–Trinajstić information content (AvgIpc) is 3.19. The van der Waals surface area contributed by atoms with E-state index in [4.69, 9.17) is 0 Å². The van der Waals surface area contributed by atoms with Gasteiger partial charge in [-0.05, 0) is 36.8 Å². The van der Waals surface area contributed by atoms with Crippen LogP contribution in [0.15, 0.2) is 84.9 Å².